The summed E-state index contributed by atoms with van der Waals surface area (Å²) in [5, 5.41) is 4.43. The largest absolute Gasteiger partial charge is 0.366 e. The summed E-state index contributed by atoms with van der Waals surface area (Å²) in [7, 11) is -1.70. The molecular formula is C15H19ClN4O2S. The third kappa shape index (κ3) is 3.08. The third-order valence-corrected chi connectivity index (χ3v) is 6.59. The summed E-state index contributed by atoms with van der Waals surface area (Å²) in [6, 6.07) is 5.15. The molecule has 0 aliphatic carbocycles. The van der Waals surface area contributed by atoms with Crippen molar-refractivity contribution in [2.24, 2.45) is 7.05 Å². The molecule has 1 aromatic heterocycles. The number of rotatable bonds is 3. The van der Waals surface area contributed by atoms with Crippen molar-refractivity contribution in [3.05, 3.63) is 41.2 Å². The van der Waals surface area contributed by atoms with Crippen molar-refractivity contribution in [3.63, 3.8) is 0 Å². The normalized spacial score (nSPS) is 16.7. The van der Waals surface area contributed by atoms with Crippen LogP contribution in [-0.4, -0.2) is 48.7 Å². The van der Waals surface area contributed by atoms with E-state index in [1.54, 1.807) is 36.0 Å². The molecule has 0 saturated carbocycles. The second-order valence-corrected chi connectivity index (χ2v) is 7.93. The lowest BCUT2D eigenvalue weighted by Gasteiger charge is -2.34. The smallest absolute Gasteiger partial charge is 0.244 e. The second-order valence-electron chi connectivity index (χ2n) is 5.65. The van der Waals surface area contributed by atoms with Crippen LogP contribution in [0.5, 0.6) is 0 Å². The number of hydrogen-bond donors (Lipinski definition) is 0. The Morgan fingerprint density at radius 3 is 2.43 bits per heavy atom. The van der Waals surface area contributed by atoms with E-state index in [2.05, 4.69) is 10.00 Å². The van der Waals surface area contributed by atoms with Crippen LogP contribution in [0.2, 0.25) is 5.02 Å². The highest BCUT2D eigenvalue weighted by atomic mass is 35.5. The quantitative estimate of drug-likeness (QED) is 0.844. The van der Waals surface area contributed by atoms with E-state index in [1.807, 2.05) is 13.2 Å². The topological polar surface area (TPSA) is 58.4 Å². The van der Waals surface area contributed by atoms with Crippen LogP contribution < -0.4 is 4.90 Å². The van der Waals surface area contributed by atoms with E-state index in [0.717, 1.165) is 5.69 Å². The minimum Gasteiger partial charge on any atom is -0.366 e. The molecule has 124 valence electrons. The van der Waals surface area contributed by atoms with Crippen molar-refractivity contribution < 1.29 is 8.42 Å². The van der Waals surface area contributed by atoms with Gasteiger partial charge in [0.15, 0.2) is 0 Å². The van der Waals surface area contributed by atoms with Crippen LogP contribution >= 0.6 is 11.6 Å². The number of halogens is 1. The molecule has 0 atom stereocenters. The molecule has 23 heavy (non-hydrogen) atoms. The van der Waals surface area contributed by atoms with Crippen molar-refractivity contribution in [3.8, 4) is 0 Å². The summed E-state index contributed by atoms with van der Waals surface area (Å²) in [4.78, 5) is 2.36. The minimum atomic E-state index is -3.57. The number of anilines is 1. The maximum Gasteiger partial charge on any atom is 0.244 e. The maximum atomic E-state index is 12.9. The molecule has 0 N–H and O–H groups in total. The Morgan fingerprint density at radius 1 is 1.17 bits per heavy atom. The SMILES string of the molecule is Cc1cccc(Cl)c1S(=O)(=O)N1CCN(c2cnn(C)c2)CC1. The van der Waals surface area contributed by atoms with Gasteiger partial charge in [0.05, 0.1) is 16.9 Å². The zero-order valence-electron chi connectivity index (χ0n) is 13.1. The summed E-state index contributed by atoms with van der Waals surface area (Å²) in [6.45, 7) is 3.90. The lowest BCUT2D eigenvalue weighted by molar-refractivity contribution is 0.384. The Balaban J connectivity index is 1.79. The van der Waals surface area contributed by atoms with Crippen LogP contribution in [-0.2, 0) is 17.1 Å². The first-order chi connectivity index (χ1) is 10.9. The Hall–Kier alpha value is -1.57. The zero-order chi connectivity index (χ0) is 16.6. The van der Waals surface area contributed by atoms with Crippen molar-refractivity contribution in [1.82, 2.24) is 14.1 Å². The number of aromatic nitrogens is 2. The van der Waals surface area contributed by atoms with Crippen LogP contribution in [0, 0.1) is 6.92 Å². The molecule has 2 heterocycles. The first-order valence-electron chi connectivity index (χ1n) is 7.38. The fourth-order valence-corrected chi connectivity index (χ4v) is 5.04. The van der Waals surface area contributed by atoms with Gasteiger partial charge in [-0.2, -0.15) is 9.40 Å². The maximum absolute atomic E-state index is 12.9. The predicted molar refractivity (Wildman–Crippen MR) is 90.4 cm³/mol. The van der Waals surface area contributed by atoms with Gasteiger partial charge in [-0.25, -0.2) is 8.42 Å². The van der Waals surface area contributed by atoms with Crippen molar-refractivity contribution in [2.45, 2.75) is 11.8 Å². The van der Waals surface area contributed by atoms with Gasteiger partial charge in [-0.3, -0.25) is 4.68 Å². The molecule has 2 aromatic rings. The van der Waals surface area contributed by atoms with Gasteiger partial charge in [0.2, 0.25) is 10.0 Å². The van der Waals surface area contributed by atoms with Crippen molar-refractivity contribution >= 4 is 27.3 Å². The molecule has 0 bridgehead atoms. The van der Waals surface area contributed by atoms with Crippen LogP contribution in [0.3, 0.4) is 0 Å². The molecule has 0 amide bonds. The predicted octanol–water partition coefficient (Wildman–Crippen LogP) is 1.89. The Labute approximate surface area is 141 Å². The van der Waals surface area contributed by atoms with Crippen LogP contribution in [0.1, 0.15) is 5.56 Å². The van der Waals surface area contributed by atoms with Gasteiger partial charge in [-0.15, -0.1) is 0 Å². The van der Waals surface area contributed by atoms with E-state index < -0.39 is 10.0 Å². The molecule has 1 aliphatic heterocycles. The number of piperazine rings is 1. The van der Waals surface area contributed by atoms with Gasteiger partial charge >= 0.3 is 0 Å². The fourth-order valence-electron chi connectivity index (χ4n) is 2.83. The molecular weight excluding hydrogens is 336 g/mol. The third-order valence-electron chi connectivity index (χ3n) is 4.06. The van der Waals surface area contributed by atoms with E-state index in [1.165, 1.54) is 4.31 Å². The monoisotopic (exact) mass is 354 g/mol. The first kappa shape index (κ1) is 16.3. The standard InChI is InChI=1S/C15H19ClN4O2S/c1-12-4-3-5-14(16)15(12)23(21,22)20-8-6-19(7-9-20)13-10-17-18(2)11-13/h3-5,10-11H,6-9H2,1-2H3. The van der Waals surface area contributed by atoms with E-state index >= 15 is 0 Å². The molecule has 1 saturated heterocycles. The molecule has 6 nitrogen and oxygen atoms in total. The van der Waals surface area contributed by atoms with Gasteiger partial charge in [0.1, 0.15) is 4.90 Å². The molecule has 1 fully saturated rings. The highest BCUT2D eigenvalue weighted by Gasteiger charge is 2.31. The number of nitrogens with zero attached hydrogens (tertiary/aromatic N) is 4. The lowest BCUT2D eigenvalue weighted by Crippen LogP contribution is -2.48. The summed E-state index contributed by atoms with van der Waals surface area (Å²) in [5.74, 6) is 0. The molecule has 1 aliphatic rings. The van der Waals surface area contributed by atoms with E-state index in [-0.39, 0.29) is 9.92 Å². The number of benzene rings is 1. The minimum absolute atomic E-state index is 0.219. The average Bonchev–Trinajstić information content (AvgIpc) is 2.93. The molecule has 3 rings (SSSR count). The van der Waals surface area contributed by atoms with Crippen LogP contribution in [0.4, 0.5) is 5.69 Å². The fraction of sp³-hybridized carbons (Fsp3) is 0.400. The van der Waals surface area contributed by atoms with Gasteiger partial charge < -0.3 is 4.90 Å². The van der Waals surface area contributed by atoms with Crippen molar-refractivity contribution in [1.29, 1.82) is 0 Å². The second kappa shape index (κ2) is 6.14. The summed E-state index contributed by atoms with van der Waals surface area (Å²) in [5.41, 5.74) is 1.69. The van der Waals surface area contributed by atoms with Crippen molar-refractivity contribution in [2.75, 3.05) is 31.1 Å². The van der Waals surface area contributed by atoms with Crippen LogP contribution in [0.15, 0.2) is 35.5 Å². The average molecular weight is 355 g/mol. The highest BCUT2D eigenvalue weighted by molar-refractivity contribution is 7.89. The molecule has 0 unspecified atom stereocenters. The summed E-state index contributed by atoms with van der Waals surface area (Å²) >= 11 is 6.13. The van der Waals surface area contributed by atoms with Crippen LogP contribution in [0.25, 0.3) is 0 Å². The Kier molecular flexibility index (Phi) is 4.35. The highest BCUT2D eigenvalue weighted by Crippen LogP contribution is 2.29. The molecule has 0 radical (unpaired) electrons. The van der Waals surface area contributed by atoms with E-state index in [0.29, 0.717) is 31.7 Å². The van der Waals surface area contributed by atoms with E-state index in [4.69, 9.17) is 11.6 Å². The number of sulfonamides is 1. The number of hydrogen-bond acceptors (Lipinski definition) is 4. The molecule has 0 spiro atoms. The van der Waals surface area contributed by atoms with Gasteiger partial charge in [-0.1, -0.05) is 23.7 Å². The number of aryl methyl sites for hydroxylation is 2. The Bertz CT molecular complexity index is 790. The van der Waals surface area contributed by atoms with Gasteiger partial charge in [-0.05, 0) is 18.6 Å². The Morgan fingerprint density at radius 2 is 1.87 bits per heavy atom. The zero-order valence-corrected chi connectivity index (χ0v) is 14.7. The molecule has 8 heteroatoms. The van der Waals surface area contributed by atoms with Gasteiger partial charge in [0.25, 0.3) is 0 Å². The van der Waals surface area contributed by atoms with E-state index in [9.17, 15) is 8.42 Å². The van der Waals surface area contributed by atoms with Gasteiger partial charge in [0, 0.05) is 39.4 Å². The summed E-state index contributed by atoms with van der Waals surface area (Å²) < 4.78 is 29.0. The first-order valence-corrected chi connectivity index (χ1v) is 9.20. The molecule has 1 aromatic carbocycles. The summed E-state index contributed by atoms with van der Waals surface area (Å²) in [6.07, 6.45) is 3.73. The lowest BCUT2D eigenvalue weighted by atomic mass is 10.2.